The normalized spacial score (nSPS) is 11.2. The second-order valence-corrected chi connectivity index (χ2v) is 4.31. The monoisotopic (exact) mass is 295 g/mol. The summed E-state index contributed by atoms with van der Waals surface area (Å²) in [7, 11) is 0. The summed E-state index contributed by atoms with van der Waals surface area (Å²) in [6, 6.07) is 7.93. The van der Waals surface area contributed by atoms with Crippen LogP contribution < -0.4 is 11.1 Å². The minimum Gasteiger partial charge on any atom is -0.399 e. The fourth-order valence-corrected chi connectivity index (χ4v) is 1.79. The molecule has 0 radical (unpaired) electrons. The minimum absolute atomic E-state index is 0.0118. The zero-order valence-corrected chi connectivity index (χ0v) is 10.8. The molecule has 0 saturated carbocycles. The van der Waals surface area contributed by atoms with Gasteiger partial charge < -0.3 is 11.1 Å². The first-order valence-electron chi connectivity index (χ1n) is 6.03. The van der Waals surface area contributed by atoms with Crippen molar-refractivity contribution in [2.24, 2.45) is 0 Å². The molecule has 2 aromatic rings. The highest BCUT2D eigenvalue weighted by molar-refractivity contribution is 5.92. The number of alkyl halides is 3. The second kappa shape index (κ2) is 5.82. The predicted molar refractivity (Wildman–Crippen MR) is 71.3 cm³/mol. The van der Waals surface area contributed by atoms with Crippen LogP contribution in [0.15, 0.2) is 42.6 Å². The van der Waals surface area contributed by atoms with E-state index in [1.165, 1.54) is 36.5 Å². The molecule has 0 fully saturated rings. The van der Waals surface area contributed by atoms with E-state index in [0.29, 0.717) is 5.69 Å². The number of carbonyl (C=O) groups excluding carboxylic acids is 1. The average molecular weight is 295 g/mol. The van der Waals surface area contributed by atoms with Crippen LogP contribution in [0, 0.1) is 0 Å². The first-order valence-corrected chi connectivity index (χ1v) is 6.03. The van der Waals surface area contributed by atoms with Crippen molar-refractivity contribution >= 4 is 11.6 Å². The SMILES string of the molecule is Nc1ccnc(C(=O)NCc2ccccc2C(F)(F)F)c1. The molecular weight excluding hydrogens is 283 g/mol. The summed E-state index contributed by atoms with van der Waals surface area (Å²) in [5.74, 6) is -0.584. The van der Waals surface area contributed by atoms with Crippen molar-refractivity contribution in [3.8, 4) is 0 Å². The second-order valence-electron chi connectivity index (χ2n) is 4.31. The quantitative estimate of drug-likeness (QED) is 0.914. The van der Waals surface area contributed by atoms with Crippen molar-refractivity contribution < 1.29 is 18.0 Å². The molecule has 0 aliphatic rings. The van der Waals surface area contributed by atoms with E-state index in [4.69, 9.17) is 5.73 Å². The molecule has 110 valence electrons. The third kappa shape index (κ3) is 3.71. The smallest absolute Gasteiger partial charge is 0.399 e. The number of nitrogens with zero attached hydrogens (tertiary/aromatic N) is 1. The van der Waals surface area contributed by atoms with E-state index in [1.54, 1.807) is 0 Å². The van der Waals surface area contributed by atoms with Gasteiger partial charge in [-0.2, -0.15) is 13.2 Å². The number of benzene rings is 1. The number of hydrogen-bond donors (Lipinski definition) is 2. The van der Waals surface area contributed by atoms with E-state index in [1.807, 2.05) is 0 Å². The van der Waals surface area contributed by atoms with E-state index >= 15 is 0 Å². The van der Waals surface area contributed by atoms with Crippen LogP contribution in [0.4, 0.5) is 18.9 Å². The van der Waals surface area contributed by atoms with E-state index in [9.17, 15) is 18.0 Å². The molecule has 1 amide bonds. The molecule has 1 heterocycles. The first kappa shape index (κ1) is 14.8. The van der Waals surface area contributed by atoms with Gasteiger partial charge in [0.15, 0.2) is 0 Å². The summed E-state index contributed by atoms with van der Waals surface area (Å²) in [5.41, 5.74) is 5.14. The van der Waals surface area contributed by atoms with Crippen molar-refractivity contribution in [2.75, 3.05) is 5.73 Å². The molecule has 0 atom stereocenters. The molecule has 0 saturated heterocycles. The molecule has 0 unspecified atom stereocenters. The van der Waals surface area contributed by atoms with Crippen LogP contribution in [0.1, 0.15) is 21.6 Å². The minimum atomic E-state index is -4.46. The zero-order chi connectivity index (χ0) is 15.5. The molecular formula is C14H12F3N3O. The van der Waals surface area contributed by atoms with Gasteiger partial charge in [-0.1, -0.05) is 18.2 Å². The van der Waals surface area contributed by atoms with Gasteiger partial charge in [-0.3, -0.25) is 9.78 Å². The number of aromatic nitrogens is 1. The lowest BCUT2D eigenvalue weighted by Crippen LogP contribution is -2.25. The molecule has 21 heavy (non-hydrogen) atoms. The number of amides is 1. The van der Waals surface area contributed by atoms with Crippen molar-refractivity contribution in [3.63, 3.8) is 0 Å². The number of anilines is 1. The van der Waals surface area contributed by atoms with Crippen LogP contribution in [0.25, 0.3) is 0 Å². The maximum absolute atomic E-state index is 12.8. The largest absolute Gasteiger partial charge is 0.416 e. The number of nitrogens with two attached hydrogens (primary N) is 1. The third-order valence-corrected chi connectivity index (χ3v) is 2.78. The van der Waals surface area contributed by atoms with Crippen molar-refractivity contribution in [1.29, 1.82) is 0 Å². The molecule has 0 aliphatic carbocycles. The lowest BCUT2D eigenvalue weighted by atomic mass is 10.1. The number of nitrogens with one attached hydrogen (secondary N) is 1. The van der Waals surface area contributed by atoms with Gasteiger partial charge in [0.2, 0.25) is 0 Å². The molecule has 0 aliphatic heterocycles. The molecule has 1 aromatic carbocycles. The van der Waals surface area contributed by atoms with Gasteiger partial charge in [0.25, 0.3) is 5.91 Å². The summed E-state index contributed by atoms with van der Waals surface area (Å²) in [4.78, 5) is 15.6. The third-order valence-electron chi connectivity index (χ3n) is 2.78. The van der Waals surface area contributed by atoms with E-state index < -0.39 is 17.6 Å². The highest BCUT2D eigenvalue weighted by Gasteiger charge is 2.32. The van der Waals surface area contributed by atoms with Gasteiger partial charge in [-0.05, 0) is 23.8 Å². The summed E-state index contributed by atoms with van der Waals surface area (Å²) in [6.45, 7) is -0.245. The Balaban J connectivity index is 2.12. The molecule has 3 N–H and O–H groups in total. The van der Waals surface area contributed by atoms with Crippen molar-refractivity contribution in [2.45, 2.75) is 12.7 Å². The van der Waals surface area contributed by atoms with Gasteiger partial charge in [0, 0.05) is 18.4 Å². The van der Waals surface area contributed by atoms with Crippen LogP contribution in [0.3, 0.4) is 0 Å². The Morgan fingerprint density at radius 3 is 2.62 bits per heavy atom. The zero-order valence-electron chi connectivity index (χ0n) is 10.8. The van der Waals surface area contributed by atoms with Gasteiger partial charge in [0.1, 0.15) is 5.69 Å². The van der Waals surface area contributed by atoms with Crippen molar-refractivity contribution in [1.82, 2.24) is 10.3 Å². The number of carbonyl (C=O) groups is 1. The number of nitrogen functional groups attached to an aromatic ring is 1. The molecule has 7 heteroatoms. The Morgan fingerprint density at radius 1 is 1.24 bits per heavy atom. The van der Waals surface area contributed by atoms with E-state index in [0.717, 1.165) is 6.07 Å². The van der Waals surface area contributed by atoms with E-state index in [2.05, 4.69) is 10.3 Å². The Kier molecular flexibility index (Phi) is 4.11. The molecule has 0 spiro atoms. The lowest BCUT2D eigenvalue weighted by Gasteiger charge is -2.13. The average Bonchev–Trinajstić information content (AvgIpc) is 2.44. The molecule has 0 bridgehead atoms. The highest BCUT2D eigenvalue weighted by Crippen LogP contribution is 2.31. The number of pyridine rings is 1. The summed E-state index contributed by atoms with van der Waals surface area (Å²) in [5, 5.41) is 2.40. The Hall–Kier alpha value is -2.57. The maximum Gasteiger partial charge on any atom is 0.416 e. The van der Waals surface area contributed by atoms with Crippen LogP contribution >= 0.6 is 0 Å². The molecule has 1 aromatic heterocycles. The fraction of sp³-hybridized carbons (Fsp3) is 0.143. The van der Waals surface area contributed by atoms with E-state index in [-0.39, 0.29) is 17.8 Å². The molecule has 4 nitrogen and oxygen atoms in total. The first-order chi connectivity index (χ1) is 9.88. The van der Waals surface area contributed by atoms with Gasteiger partial charge in [-0.25, -0.2) is 0 Å². The number of halogens is 3. The highest BCUT2D eigenvalue weighted by atomic mass is 19.4. The van der Waals surface area contributed by atoms with Crippen LogP contribution in [-0.2, 0) is 12.7 Å². The van der Waals surface area contributed by atoms with Gasteiger partial charge >= 0.3 is 6.18 Å². The Bertz CT molecular complexity index is 656. The van der Waals surface area contributed by atoms with Crippen LogP contribution in [0.2, 0.25) is 0 Å². The summed E-state index contributed by atoms with van der Waals surface area (Å²) < 4.78 is 38.4. The van der Waals surface area contributed by atoms with Crippen LogP contribution in [0.5, 0.6) is 0 Å². The fourth-order valence-electron chi connectivity index (χ4n) is 1.79. The number of hydrogen-bond acceptors (Lipinski definition) is 3. The maximum atomic E-state index is 12.8. The number of rotatable bonds is 3. The predicted octanol–water partition coefficient (Wildman–Crippen LogP) is 2.61. The lowest BCUT2D eigenvalue weighted by molar-refractivity contribution is -0.138. The van der Waals surface area contributed by atoms with Crippen LogP contribution in [-0.4, -0.2) is 10.9 Å². The van der Waals surface area contributed by atoms with Gasteiger partial charge in [0.05, 0.1) is 5.56 Å². The summed E-state index contributed by atoms with van der Waals surface area (Å²) in [6.07, 6.45) is -3.11. The van der Waals surface area contributed by atoms with Crippen molar-refractivity contribution in [3.05, 3.63) is 59.4 Å². The Labute approximate surface area is 118 Å². The van der Waals surface area contributed by atoms with Gasteiger partial charge in [-0.15, -0.1) is 0 Å². The topological polar surface area (TPSA) is 68.0 Å². The Morgan fingerprint density at radius 2 is 1.95 bits per heavy atom. The summed E-state index contributed by atoms with van der Waals surface area (Å²) >= 11 is 0. The standard InChI is InChI=1S/C14H12F3N3O/c15-14(16,17)11-4-2-1-3-9(11)8-20-13(21)12-7-10(18)5-6-19-12/h1-7H,8H2,(H2,18,19)(H,20,21). The molecule has 2 rings (SSSR count).